The molecule has 3 heteroatoms. The average Bonchev–Trinajstić information content (AvgIpc) is 2.49. The Kier molecular flexibility index (Phi) is 9.11. The molecule has 0 saturated carbocycles. The molecule has 0 radical (unpaired) electrons. The van der Waals surface area contributed by atoms with E-state index >= 15 is 0 Å². The molecule has 1 N–H and O–H groups in total. The Bertz CT molecular complexity index is 379. The van der Waals surface area contributed by atoms with Crippen LogP contribution in [0.5, 0.6) is 5.75 Å². The molecule has 0 saturated heterocycles. The van der Waals surface area contributed by atoms with E-state index < -0.39 is 0 Å². The maximum Gasteiger partial charge on any atom is 0.119 e. The van der Waals surface area contributed by atoms with Gasteiger partial charge in [-0.1, -0.05) is 46.2 Å². The molecule has 0 bridgehead atoms. The molecule has 0 aliphatic heterocycles. The Morgan fingerprint density at radius 1 is 1.19 bits per heavy atom. The standard InChI is InChI=1S/C18H32N2O/c1-5-7-11-20(6-2)12-13-21-18-10-8-9-17(14-18)15-19-16(3)4/h8-10,14,16,19H,5-7,11-13,15H2,1-4H3. The average molecular weight is 292 g/mol. The second kappa shape index (κ2) is 10.6. The maximum absolute atomic E-state index is 5.90. The lowest BCUT2D eigenvalue weighted by Gasteiger charge is -2.20. The third kappa shape index (κ3) is 8.08. The first-order valence-electron chi connectivity index (χ1n) is 8.33. The predicted octanol–water partition coefficient (Wildman–Crippen LogP) is 3.69. The molecule has 120 valence electrons. The summed E-state index contributed by atoms with van der Waals surface area (Å²) in [6.07, 6.45) is 2.52. The van der Waals surface area contributed by atoms with Crippen LogP contribution in [0.1, 0.15) is 46.1 Å². The Labute approximate surface area is 130 Å². The summed E-state index contributed by atoms with van der Waals surface area (Å²) in [6, 6.07) is 8.90. The van der Waals surface area contributed by atoms with Crippen molar-refractivity contribution >= 4 is 0 Å². The molecule has 0 amide bonds. The third-order valence-electron chi connectivity index (χ3n) is 3.56. The number of hydrogen-bond donors (Lipinski definition) is 1. The van der Waals surface area contributed by atoms with Gasteiger partial charge in [0.2, 0.25) is 0 Å². The Balaban J connectivity index is 2.35. The van der Waals surface area contributed by atoms with Crippen molar-refractivity contribution in [2.24, 2.45) is 0 Å². The Morgan fingerprint density at radius 3 is 2.67 bits per heavy atom. The zero-order valence-electron chi connectivity index (χ0n) is 14.2. The lowest BCUT2D eigenvalue weighted by atomic mass is 10.2. The normalized spacial score (nSPS) is 11.3. The van der Waals surface area contributed by atoms with Crippen LogP contribution in [0.15, 0.2) is 24.3 Å². The van der Waals surface area contributed by atoms with Crippen molar-refractivity contribution in [2.45, 2.75) is 53.1 Å². The second-order valence-electron chi connectivity index (χ2n) is 5.82. The van der Waals surface area contributed by atoms with Crippen molar-refractivity contribution in [3.63, 3.8) is 0 Å². The first-order valence-corrected chi connectivity index (χ1v) is 8.33. The van der Waals surface area contributed by atoms with E-state index in [9.17, 15) is 0 Å². The van der Waals surface area contributed by atoms with Gasteiger partial charge in [-0.15, -0.1) is 0 Å². The van der Waals surface area contributed by atoms with Gasteiger partial charge in [-0.2, -0.15) is 0 Å². The van der Waals surface area contributed by atoms with Crippen molar-refractivity contribution in [1.29, 1.82) is 0 Å². The third-order valence-corrected chi connectivity index (χ3v) is 3.56. The molecule has 1 aromatic carbocycles. The molecule has 0 aromatic heterocycles. The molecule has 1 rings (SSSR count). The van der Waals surface area contributed by atoms with Crippen LogP contribution in [-0.4, -0.2) is 37.2 Å². The maximum atomic E-state index is 5.90. The van der Waals surface area contributed by atoms with Gasteiger partial charge in [-0.05, 0) is 37.2 Å². The van der Waals surface area contributed by atoms with Gasteiger partial charge in [0.1, 0.15) is 12.4 Å². The minimum absolute atomic E-state index is 0.506. The fourth-order valence-corrected chi connectivity index (χ4v) is 2.17. The lowest BCUT2D eigenvalue weighted by Crippen LogP contribution is -2.29. The summed E-state index contributed by atoms with van der Waals surface area (Å²) in [7, 11) is 0. The van der Waals surface area contributed by atoms with Crippen molar-refractivity contribution in [1.82, 2.24) is 10.2 Å². The van der Waals surface area contributed by atoms with Crippen LogP contribution in [0.2, 0.25) is 0 Å². The van der Waals surface area contributed by atoms with Crippen molar-refractivity contribution in [3.05, 3.63) is 29.8 Å². The first kappa shape index (κ1) is 18.0. The minimum atomic E-state index is 0.506. The highest BCUT2D eigenvalue weighted by atomic mass is 16.5. The van der Waals surface area contributed by atoms with E-state index in [1.807, 2.05) is 6.07 Å². The first-order chi connectivity index (χ1) is 10.2. The van der Waals surface area contributed by atoms with Gasteiger partial charge < -0.3 is 15.0 Å². The number of ether oxygens (including phenoxy) is 1. The molecule has 0 heterocycles. The van der Waals surface area contributed by atoms with E-state index in [1.54, 1.807) is 0 Å². The van der Waals surface area contributed by atoms with Gasteiger partial charge in [-0.25, -0.2) is 0 Å². The lowest BCUT2D eigenvalue weighted by molar-refractivity contribution is 0.213. The van der Waals surface area contributed by atoms with Crippen LogP contribution in [0.25, 0.3) is 0 Å². The molecule has 0 unspecified atom stereocenters. The summed E-state index contributed by atoms with van der Waals surface area (Å²) in [4.78, 5) is 2.45. The fraction of sp³-hybridized carbons (Fsp3) is 0.667. The van der Waals surface area contributed by atoms with Crippen molar-refractivity contribution in [2.75, 3.05) is 26.2 Å². The number of unbranched alkanes of at least 4 members (excludes halogenated alkanes) is 1. The highest BCUT2D eigenvalue weighted by molar-refractivity contribution is 5.28. The van der Waals surface area contributed by atoms with Gasteiger partial charge in [0.05, 0.1) is 0 Å². The molecule has 21 heavy (non-hydrogen) atoms. The highest BCUT2D eigenvalue weighted by Crippen LogP contribution is 2.13. The van der Waals surface area contributed by atoms with Gasteiger partial charge in [0.25, 0.3) is 0 Å². The van der Waals surface area contributed by atoms with Crippen LogP contribution >= 0.6 is 0 Å². The Hall–Kier alpha value is -1.06. The van der Waals surface area contributed by atoms with Gasteiger partial charge >= 0.3 is 0 Å². The van der Waals surface area contributed by atoms with E-state index in [1.165, 1.54) is 24.9 Å². The van der Waals surface area contributed by atoms with Crippen molar-refractivity contribution < 1.29 is 4.74 Å². The topological polar surface area (TPSA) is 24.5 Å². The highest BCUT2D eigenvalue weighted by Gasteiger charge is 2.03. The quantitative estimate of drug-likeness (QED) is 0.673. The number of hydrogen-bond acceptors (Lipinski definition) is 3. The molecule has 0 aliphatic carbocycles. The van der Waals surface area contributed by atoms with Gasteiger partial charge in [-0.3, -0.25) is 0 Å². The predicted molar refractivity (Wildman–Crippen MR) is 90.9 cm³/mol. The zero-order valence-corrected chi connectivity index (χ0v) is 14.2. The van der Waals surface area contributed by atoms with Gasteiger partial charge in [0.15, 0.2) is 0 Å². The van der Waals surface area contributed by atoms with Crippen LogP contribution in [0.4, 0.5) is 0 Å². The molecular formula is C18H32N2O. The smallest absolute Gasteiger partial charge is 0.119 e. The number of nitrogens with zero attached hydrogens (tertiary/aromatic N) is 1. The SMILES string of the molecule is CCCCN(CC)CCOc1cccc(CNC(C)C)c1. The van der Waals surface area contributed by atoms with Crippen LogP contribution in [0.3, 0.4) is 0 Å². The largest absolute Gasteiger partial charge is 0.492 e. The molecule has 0 atom stereocenters. The molecule has 1 aromatic rings. The van der Waals surface area contributed by atoms with E-state index in [4.69, 9.17) is 4.74 Å². The number of benzene rings is 1. The van der Waals surface area contributed by atoms with E-state index in [2.05, 4.69) is 56.1 Å². The minimum Gasteiger partial charge on any atom is -0.492 e. The number of likely N-dealkylation sites (N-methyl/N-ethyl adjacent to an activating group) is 1. The van der Waals surface area contributed by atoms with Crippen LogP contribution < -0.4 is 10.1 Å². The monoisotopic (exact) mass is 292 g/mol. The summed E-state index contributed by atoms with van der Waals surface area (Å²) in [5.41, 5.74) is 1.28. The van der Waals surface area contributed by atoms with E-state index in [-0.39, 0.29) is 0 Å². The molecule has 0 aliphatic rings. The summed E-state index contributed by atoms with van der Waals surface area (Å²) >= 11 is 0. The summed E-state index contributed by atoms with van der Waals surface area (Å²) in [5.74, 6) is 0.976. The molecule has 0 fully saturated rings. The molecular weight excluding hydrogens is 260 g/mol. The van der Waals surface area contributed by atoms with Crippen LogP contribution in [0, 0.1) is 0 Å². The molecule has 0 spiro atoms. The Morgan fingerprint density at radius 2 is 2.00 bits per heavy atom. The van der Waals surface area contributed by atoms with E-state index in [0.29, 0.717) is 6.04 Å². The summed E-state index contributed by atoms with van der Waals surface area (Å²) in [5, 5.41) is 3.43. The second-order valence-corrected chi connectivity index (χ2v) is 5.82. The molecule has 3 nitrogen and oxygen atoms in total. The van der Waals surface area contributed by atoms with Crippen molar-refractivity contribution in [3.8, 4) is 5.75 Å². The van der Waals surface area contributed by atoms with Gasteiger partial charge in [0, 0.05) is 19.1 Å². The van der Waals surface area contributed by atoms with Crippen LogP contribution in [-0.2, 0) is 6.54 Å². The summed E-state index contributed by atoms with van der Waals surface area (Å²) in [6.45, 7) is 13.7. The number of rotatable bonds is 11. The zero-order chi connectivity index (χ0) is 15.5. The summed E-state index contributed by atoms with van der Waals surface area (Å²) < 4.78 is 5.90. The fourth-order valence-electron chi connectivity index (χ4n) is 2.17. The van der Waals surface area contributed by atoms with E-state index in [0.717, 1.165) is 32.0 Å². The number of nitrogens with one attached hydrogen (secondary N) is 1.